The third-order valence-electron chi connectivity index (χ3n) is 2.99. The largest absolute Gasteiger partial charge is 0.370 e. The number of hydrogen-bond acceptors (Lipinski definition) is 1. The molecule has 0 aliphatic heterocycles. The van der Waals surface area contributed by atoms with Crippen molar-refractivity contribution in [2.24, 2.45) is 16.6 Å². The first-order valence-corrected chi connectivity index (χ1v) is 7.08. The second-order valence-corrected chi connectivity index (χ2v) is 5.62. The first-order valence-electron chi connectivity index (χ1n) is 7.08. The van der Waals surface area contributed by atoms with Gasteiger partial charge < -0.3 is 11.1 Å². The van der Waals surface area contributed by atoms with Crippen molar-refractivity contribution in [1.82, 2.24) is 5.32 Å². The summed E-state index contributed by atoms with van der Waals surface area (Å²) in [6.45, 7) is 10.3. The first-order chi connectivity index (χ1) is 8.97. The molecule has 3 heteroatoms. The van der Waals surface area contributed by atoms with E-state index in [-0.39, 0.29) is 0 Å². The summed E-state index contributed by atoms with van der Waals surface area (Å²) in [7, 11) is 0. The molecular weight excluding hydrogens is 234 g/mol. The zero-order chi connectivity index (χ0) is 14.3. The van der Waals surface area contributed by atoms with Gasteiger partial charge in [-0.1, -0.05) is 43.2 Å². The van der Waals surface area contributed by atoms with Crippen LogP contribution in [-0.4, -0.2) is 19.0 Å². The summed E-state index contributed by atoms with van der Waals surface area (Å²) < 4.78 is 0. The minimum atomic E-state index is 0.560. The molecule has 0 spiro atoms. The zero-order valence-corrected chi connectivity index (χ0v) is 12.7. The van der Waals surface area contributed by atoms with E-state index in [1.165, 1.54) is 16.7 Å². The molecule has 0 bridgehead atoms. The molecule has 3 nitrogen and oxygen atoms in total. The van der Waals surface area contributed by atoms with Crippen LogP contribution in [-0.2, 0) is 6.42 Å². The average Bonchev–Trinajstić information content (AvgIpc) is 2.27. The molecule has 0 aliphatic carbocycles. The van der Waals surface area contributed by atoms with Crippen molar-refractivity contribution in [3.05, 3.63) is 34.9 Å². The Bertz CT molecular complexity index is 402. The highest BCUT2D eigenvalue weighted by Crippen LogP contribution is 2.08. The highest BCUT2D eigenvalue weighted by molar-refractivity contribution is 5.77. The van der Waals surface area contributed by atoms with Crippen LogP contribution in [0.15, 0.2) is 23.2 Å². The standard InChI is InChI=1S/C16H27N3/c1-12(2)5-7-18-16(17)19-8-6-15-10-13(3)9-14(4)11-15/h9-12H,5-8H2,1-4H3,(H3,17,18,19). The molecule has 0 unspecified atom stereocenters. The molecule has 0 heterocycles. The Balaban J connectivity index is 2.33. The van der Waals surface area contributed by atoms with Gasteiger partial charge in [0.05, 0.1) is 0 Å². The zero-order valence-electron chi connectivity index (χ0n) is 12.7. The van der Waals surface area contributed by atoms with E-state index in [1.807, 2.05) is 0 Å². The van der Waals surface area contributed by atoms with E-state index < -0.39 is 0 Å². The van der Waals surface area contributed by atoms with Crippen LogP contribution in [0.2, 0.25) is 0 Å². The highest BCUT2D eigenvalue weighted by atomic mass is 15.1. The van der Waals surface area contributed by atoms with Crippen molar-refractivity contribution in [1.29, 1.82) is 0 Å². The minimum Gasteiger partial charge on any atom is -0.370 e. The van der Waals surface area contributed by atoms with Crippen LogP contribution in [0.3, 0.4) is 0 Å². The van der Waals surface area contributed by atoms with Gasteiger partial charge in [0.2, 0.25) is 0 Å². The van der Waals surface area contributed by atoms with E-state index in [1.54, 1.807) is 0 Å². The van der Waals surface area contributed by atoms with E-state index in [0.717, 1.165) is 25.9 Å². The molecule has 0 amide bonds. The second-order valence-electron chi connectivity index (χ2n) is 5.62. The Hall–Kier alpha value is -1.51. The third kappa shape index (κ3) is 6.85. The molecule has 1 aromatic carbocycles. The van der Waals surface area contributed by atoms with Gasteiger partial charge in [0.15, 0.2) is 5.96 Å². The monoisotopic (exact) mass is 261 g/mol. The second kappa shape index (κ2) is 7.82. The maximum atomic E-state index is 5.82. The molecular formula is C16H27N3. The summed E-state index contributed by atoms with van der Waals surface area (Å²) in [5, 5.41) is 3.17. The molecule has 0 aliphatic rings. The lowest BCUT2D eigenvalue weighted by Gasteiger charge is -2.08. The van der Waals surface area contributed by atoms with Crippen LogP contribution in [0.5, 0.6) is 0 Å². The van der Waals surface area contributed by atoms with Gasteiger partial charge in [-0.15, -0.1) is 0 Å². The quantitative estimate of drug-likeness (QED) is 0.611. The topological polar surface area (TPSA) is 50.4 Å². The van der Waals surface area contributed by atoms with Crippen molar-refractivity contribution < 1.29 is 0 Å². The molecule has 3 N–H and O–H groups in total. The number of nitrogens with zero attached hydrogens (tertiary/aromatic N) is 1. The summed E-state index contributed by atoms with van der Waals surface area (Å²) in [6.07, 6.45) is 2.06. The van der Waals surface area contributed by atoms with E-state index in [0.29, 0.717) is 11.9 Å². The van der Waals surface area contributed by atoms with E-state index >= 15 is 0 Å². The Labute approximate surface area is 117 Å². The van der Waals surface area contributed by atoms with Gasteiger partial charge in [0.1, 0.15) is 0 Å². The van der Waals surface area contributed by atoms with Gasteiger partial charge in [0, 0.05) is 13.1 Å². The Kier molecular flexibility index (Phi) is 6.40. The number of aryl methyl sites for hydroxylation is 2. The molecule has 1 rings (SSSR count). The number of aliphatic imine (C=N–C) groups is 1. The first kappa shape index (κ1) is 15.5. The smallest absolute Gasteiger partial charge is 0.188 e. The van der Waals surface area contributed by atoms with Crippen LogP contribution in [0, 0.1) is 19.8 Å². The molecule has 0 radical (unpaired) electrons. The molecule has 106 valence electrons. The summed E-state index contributed by atoms with van der Waals surface area (Å²) in [4.78, 5) is 4.31. The van der Waals surface area contributed by atoms with Crippen LogP contribution < -0.4 is 11.1 Å². The fourth-order valence-corrected chi connectivity index (χ4v) is 2.05. The number of benzene rings is 1. The predicted molar refractivity (Wildman–Crippen MR) is 83.6 cm³/mol. The van der Waals surface area contributed by atoms with Crippen LogP contribution >= 0.6 is 0 Å². The number of guanidine groups is 1. The Morgan fingerprint density at radius 2 is 1.84 bits per heavy atom. The summed E-state index contributed by atoms with van der Waals surface area (Å²) in [6, 6.07) is 6.64. The maximum Gasteiger partial charge on any atom is 0.188 e. The van der Waals surface area contributed by atoms with E-state index in [9.17, 15) is 0 Å². The normalized spacial score (nSPS) is 11.9. The molecule has 0 atom stereocenters. The SMILES string of the molecule is Cc1cc(C)cc(CCNC(N)=NCCC(C)C)c1. The van der Waals surface area contributed by atoms with Crippen molar-refractivity contribution in [3.8, 4) is 0 Å². The fourth-order valence-electron chi connectivity index (χ4n) is 2.05. The molecule has 0 saturated carbocycles. The molecule has 1 aromatic rings. The number of nitrogens with two attached hydrogens (primary N) is 1. The summed E-state index contributed by atoms with van der Waals surface area (Å²) >= 11 is 0. The predicted octanol–water partition coefficient (Wildman–Crippen LogP) is 2.80. The Morgan fingerprint density at radius 1 is 1.21 bits per heavy atom. The lowest BCUT2D eigenvalue weighted by atomic mass is 10.1. The third-order valence-corrected chi connectivity index (χ3v) is 2.99. The van der Waals surface area contributed by atoms with Gasteiger partial charge in [-0.25, -0.2) is 0 Å². The van der Waals surface area contributed by atoms with Gasteiger partial charge >= 0.3 is 0 Å². The van der Waals surface area contributed by atoms with Crippen LogP contribution in [0.4, 0.5) is 0 Å². The van der Waals surface area contributed by atoms with E-state index in [2.05, 4.69) is 56.2 Å². The average molecular weight is 261 g/mol. The minimum absolute atomic E-state index is 0.560. The maximum absolute atomic E-state index is 5.82. The number of rotatable bonds is 6. The van der Waals surface area contributed by atoms with Gasteiger partial charge in [-0.2, -0.15) is 0 Å². The van der Waals surface area contributed by atoms with Gasteiger partial charge in [-0.05, 0) is 38.2 Å². The molecule has 19 heavy (non-hydrogen) atoms. The summed E-state index contributed by atoms with van der Waals surface area (Å²) in [5.74, 6) is 1.23. The van der Waals surface area contributed by atoms with Crippen molar-refractivity contribution in [2.75, 3.05) is 13.1 Å². The highest BCUT2D eigenvalue weighted by Gasteiger charge is 1.98. The summed E-state index contributed by atoms with van der Waals surface area (Å²) in [5.41, 5.74) is 9.80. The fraction of sp³-hybridized carbons (Fsp3) is 0.562. The van der Waals surface area contributed by atoms with Gasteiger partial charge in [-0.3, -0.25) is 4.99 Å². The van der Waals surface area contributed by atoms with Crippen molar-refractivity contribution in [2.45, 2.75) is 40.5 Å². The van der Waals surface area contributed by atoms with Crippen LogP contribution in [0.25, 0.3) is 0 Å². The van der Waals surface area contributed by atoms with E-state index in [4.69, 9.17) is 5.73 Å². The van der Waals surface area contributed by atoms with Gasteiger partial charge in [0.25, 0.3) is 0 Å². The van der Waals surface area contributed by atoms with Crippen LogP contribution in [0.1, 0.15) is 37.0 Å². The van der Waals surface area contributed by atoms with Crippen molar-refractivity contribution >= 4 is 5.96 Å². The Morgan fingerprint density at radius 3 is 2.42 bits per heavy atom. The molecule has 0 saturated heterocycles. The lowest BCUT2D eigenvalue weighted by molar-refractivity contribution is 0.595. The molecule has 0 fully saturated rings. The number of hydrogen-bond donors (Lipinski definition) is 2. The van der Waals surface area contributed by atoms with Crippen molar-refractivity contribution in [3.63, 3.8) is 0 Å². The number of nitrogens with one attached hydrogen (secondary N) is 1. The lowest BCUT2D eigenvalue weighted by Crippen LogP contribution is -2.33. The molecule has 0 aromatic heterocycles.